The van der Waals surface area contributed by atoms with Crippen molar-refractivity contribution in [2.24, 2.45) is 0 Å². The number of nitrogens with zero attached hydrogens (tertiary/aromatic N) is 2. The SMILES string of the molecule is Cc1oc(-c2ccccc2)nc1CC(=O)N1CCC[C@@H]1c1cccs1. The number of thiophene rings is 1. The highest BCUT2D eigenvalue weighted by molar-refractivity contribution is 7.10. The van der Waals surface area contributed by atoms with Crippen LogP contribution in [0, 0.1) is 6.92 Å². The largest absolute Gasteiger partial charge is 0.441 e. The maximum Gasteiger partial charge on any atom is 0.229 e. The van der Waals surface area contributed by atoms with E-state index in [4.69, 9.17) is 4.42 Å². The molecule has 0 aliphatic carbocycles. The molecule has 1 atom stereocenters. The first kappa shape index (κ1) is 16.1. The van der Waals surface area contributed by atoms with Crippen LogP contribution < -0.4 is 0 Å². The molecule has 1 aromatic carbocycles. The lowest BCUT2D eigenvalue weighted by atomic mass is 10.1. The number of hydrogen-bond acceptors (Lipinski definition) is 4. The molecule has 0 bridgehead atoms. The van der Waals surface area contributed by atoms with E-state index in [1.54, 1.807) is 11.3 Å². The number of carbonyl (C=O) groups excluding carboxylic acids is 1. The van der Waals surface area contributed by atoms with Gasteiger partial charge in [-0.2, -0.15) is 0 Å². The van der Waals surface area contributed by atoms with Crippen molar-refractivity contribution < 1.29 is 9.21 Å². The van der Waals surface area contributed by atoms with Crippen molar-refractivity contribution in [2.75, 3.05) is 6.54 Å². The average molecular weight is 352 g/mol. The molecule has 3 aromatic rings. The molecule has 4 nitrogen and oxygen atoms in total. The Bertz CT molecular complexity index is 855. The van der Waals surface area contributed by atoms with Crippen LogP contribution in [0.4, 0.5) is 0 Å². The molecule has 3 heterocycles. The Balaban J connectivity index is 1.52. The van der Waals surface area contributed by atoms with Gasteiger partial charge in [-0.15, -0.1) is 11.3 Å². The van der Waals surface area contributed by atoms with Crippen molar-refractivity contribution in [3.05, 3.63) is 64.2 Å². The van der Waals surface area contributed by atoms with Gasteiger partial charge in [-0.3, -0.25) is 4.79 Å². The Morgan fingerprint density at radius 2 is 2.12 bits per heavy atom. The van der Waals surface area contributed by atoms with E-state index >= 15 is 0 Å². The van der Waals surface area contributed by atoms with Gasteiger partial charge in [-0.1, -0.05) is 24.3 Å². The Labute approximate surface area is 151 Å². The fourth-order valence-electron chi connectivity index (χ4n) is 3.38. The quantitative estimate of drug-likeness (QED) is 0.688. The molecule has 1 aliphatic rings. The van der Waals surface area contributed by atoms with E-state index in [9.17, 15) is 4.79 Å². The molecule has 1 saturated heterocycles. The highest BCUT2D eigenvalue weighted by Crippen LogP contribution is 2.35. The minimum atomic E-state index is 0.131. The summed E-state index contributed by atoms with van der Waals surface area (Å²) in [5.41, 5.74) is 1.67. The first-order valence-corrected chi connectivity index (χ1v) is 9.45. The molecule has 0 radical (unpaired) electrons. The zero-order valence-corrected chi connectivity index (χ0v) is 15.0. The number of benzene rings is 1. The summed E-state index contributed by atoms with van der Waals surface area (Å²) in [7, 11) is 0. The Morgan fingerprint density at radius 1 is 1.28 bits per heavy atom. The zero-order chi connectivity index (χ0) is 17.2. The Kier molecular flexibility index (Phi) is 4.40. The van der Waals surface area contributed by atoms with Crippen LogP contribution in [-0.2, 0) is 11.2 Å². The standard InChI is InChI=1S/C20H20N2O2S/c1-14-16(21-20(24-14)15-7-3-2-4-8-15)13-19(23)22-11-5-9-17(22)18-10-6-12-25-18/h2-4,6-8,10,12,17H,5,9,11,13H2,1H3/t17-/m1/s1. The third-order valence-electron chi connectivity index (χ3n) is 4.68. The third-order valence-corrected chi connectivity index (χ3v) is 5.65. The molecule has 1 amide bonds. The second-order valence-electron chi connectivity index (χ2n) is 6.33. The fraction of sp³-hybridized carbons (Fsp3) is 0.300. The summed E-state index contributed by atoms with van der Waals surface area (Å²) >= 11 is 1.72. The minimum Gasteiger partial charge on any atom is -0.441 e. The number of hydrogen-bond donors (Lipinski definition) is 0. The van der Waals surface area contributed by atoms with E-state index in [0.29, 0.717) is 12.3 Å². The Hall–Kier alpha value is -2.40. The molecule has 128 valence electrons. The molecule has 0 saturated carbocycles. The van der Waals surface area contributed by atoms with Crippen molar-refractivity contribution in [1.82, 2.24) is 9.88 Å². The van der Waals surface area contributed by atoms with Gasteiger partial charge in [0, 0.05) is 17.0 Å². The lowest BCUT2D eigenvalue weighted by molar-refractivity contribution is -0.131. The predicted octanol–water partition coefficient (Wildman–Crippen LogP) is 4.62. The van der Waals surface area contributed by atoms with E-state index in [2.05, 4.69) is 22.5 Å². The van der Waals surface area contributed by atoms with Gasteiger partial charge in [0.2, 0.25) is 11.8 Å². The molecule has 1 fully saturated rings. The van der Waals surface area contributed by atoms with Crippen LogP contribution in [0.3, 0.4) is 0 Å². The van der Waals surface area contributed by atoms with E-state index in [1.807, 2.05) is 42.2 Å². The second-order valence-corrected chi connectivity index (χ2v) is 7.30. The highest BCUT2D eigenvalue weighted by atomic mass is 32.1. The third kappa shape index (κ3) is 3.24. The van der Waals surface area contributed by atoms with E-state index < -0.39 is 0 Å². The summed E-state index contributed by atoms with van der Waals surface area (Å²) in [6.45, 7) is 2.70. The van der Waals surface area contributed by atoms with Crippen LogP contribution in [0.5, 0.6) is 0 Å². The maximum absolute atomic E-state index is 12.9. The van der Waals surface area contributed by atoms with Crippen LogP contribution in [0.1, 0.15) is 35.2 Å². The summed E-state index contributed by atoms with van der Waals surface area (Å²) in [6.07, 6.45) is 2.39. The normalized spacial score (nSPS) is 17.2. The van der Waals surface area contributed by atoms with Crippen LogP contribution in [0.25, 0.3) is 11.5 Å². The van der Waals surface area contributed by atoms with E-state index in [0.717, 1.165) is 36.4 Å². The molecule has 25 heavy (non-hydrogen) atoms. The molecule has 1 aliphatic heterocycles. The van der Waals surface area contributed by atoms with Gasteiger partial charge < -0.3 is 9.32 Å². The lowest BCUT2D eigenvalue weighted by Crippen LogP contribution is -2.31. The summed E-state index contributed by atoms with van der Waals surface area (Å²) in [4.78, 5) is 20.7. The maximum atomic E-state index is 12.9. The Morgan fingerprint density at radius 3 is 2.88 bits per heavy atom. The number of carbonyl (C=O) groups is 1. The van der Waals surface area contributed by atoms with Crippen molar-refractivity contribution in [2.45, 2.75) is 32.2 Å². The molecule has 0 spiro atoms. The summed E-state index contributed by atoms with van der Waals surface area (Å²) in [5, 5.41) is 2.07. The van der Waals surface area contributed by atoms with Crippen molar-refractivity contribution >= 4 is 17.2 Å². The monoisotopic (exact) mass is 352 g/mol. The van der Waals surface area contributed by atoms with Crippen LogP contribution >= 0.6 is 11.3 Å². The fourth-order valence-corrected chi connectivity index (χ4v) is 4.26. The van der Waals surface area contributed by atoms with Crippen LogP contribution in [0.2, 0.25) is 0 Å². The topological polar surface area (TPSA) is 46.3 Å². The summed E-state index contributed by atoms with van der Waals surface area (Å²) in [5.74, 6) is 1.43. The van der Waals surface area contributed by atoms with Gasteiger partial charge >= 0.3 is 0 Å². The van der Waals surface area contributed by atoms with Gasteiger partial charge in [-0.05, 0) is 43.3 Å². The smallest absolute Gasteiger partial charge is 0.229 e. The van der Waals surface area contributed by atoms with Crippen LogP contribution in [-0.4, -0.2) is 22.3 Å². The van der Waals surface area contributed by atoms with E-state index in [1.165, 1.54) is 4.88 Å². The molecule has 0 unspecified atom stereocenters. The minimum absolute atomic E-state index is 0.131. The second kappa shape index (κ2) is 6.84. The van der Waals surface area contributed by atoms with Gasteiger partial charge in [0.25, 0.3) is 0 Å². The number of amides is 1. The van der Waals surface area contributed by atoms with Crippen molar-refractivity contribution in [3.8, 4) is 11.5 Å². The van der Waals surface area contributed by atoms with Crippen molar-refractivity contribution in [3.63, 3.8) is 0 Å². The molecule has 2 aromatic heterocycles. The predicted molar refractivity (Wildman–Crippen MR) is 98.4 cm³/mol. The van der Waals surface area contributed by atoms with Crippen LogP contribution in [0.15, 0.2) is 52.3 Å². The van der Waals surface area contributed by atoms with E-state index in [-0.39, 0.29) is 11.9 Å². The number of aryl methyl sites for hydroxylation is 1. The van der Waals surface area contributed by atoms with Crippen molar-refractivity contribution in [1.29, 1.82) is 0 Å². The van der Waals surface area contributed by atoms with Gasteiger partial charge in [0.15, 0.2) is 0 Å². The number of oxazole rings is 1. The molecular weight excluding hydrogens is 332 g/mol. The zero-order valence-electron chi connectivity index (χ0n) is 14.1. The molecular formula is C20H20N2O2S. The van der Waals surface area contributed by atoms with Gasteiger partial charge in [-0.25, -0.2) is 4.98 Å². The summed E-state index contributed by atoms with van der Waals surface area (Å²) in [6, 6.07) is 14.2. The molecule has 5 heteroatoms. The van der Waals surface area contributed by atoms with Gasteiger partial charge in [0.1, 0.15) is 5.76 Å². The number of likely N-dealkylation sites (tertiary alicyclic amines) is 1. The summed E-state index contributed by atoms with van der Waals surface area (Å²) < 4.78 is 5.78. The van der Waals surface area contributed by atoms with Gasteiger partial charge in [0.05, 0.1) is 18.2 Å². The highest BCUT2D eigenvalue weighted by Gasteiger charge is 2.31. The lowest BCUT2D eigenvalue weighted by Gasteiger charge is -2.23. The average Bonchev–Trinajstić information content (AvgIpc) is 3.36. The molecule has 4 rings (SSSR count). The first-order valence-electron chi connectivity index (χ1n) is 8.57. The number of aromatic nitrogens is 1. The first-order chi connectivity index (χ1) is 12.2. The number of rotatable bonds is 4. The molecule has 0 N–H and O–H groups in total.